The average Bonchev–Trinajstić information content (AvgIpc) is 3.38. The monoisotopic (exact) mass is 996 g/mol. The first-order valence-electron chi connectivity index (χ1n) is 32.0. The van der Waals surface area contributed by atoms with Gasteiger partial charge in [-0.3, -0.25) is 4.79 Å². The zero-order valence-corrected chi connectivity index (χ0v) is 47.9. The van der Waals surface area contributed by atoms with Crippen molar-refractivity contribution in [2.45, 2.75) is 360 Å². The van der Waals surface area contributed by atoms with E-state index in [-0.39, 0.29) is 6.61 Å². The fourth-order valence-electron chi connectivity index (χ4n) is 9.92. The Labute approximate surface area is 444 Å². The third-order valence-corrected chi connectivity index (χ3v) is 14.9. The van der Waals surface area contributed by atoms with Gasteiger partial charge in [0.15, 0.2) is 0 Å². The van der Waals surface area contributed by atoms with Crippen molar-refractivity contribution in [3.63, 3.8) is 0 Å². The summed E-state index contributed by atoms with van der Waals surface area (Å²) in [5, 5.41) is 33.4. The summed E-state index contributed by atoms with van der Waals surface area (Å²) in [5.74, 6) is -0.513. The molecule has 0 aromatic rings. The summed E-state index contributed by atoms with van der Waals surface area (Å²) in [5.41, 5.74) is 0. The van der Waals surface area contributed by atoms with Crippen molar-refractivity contribution < 1.29 is 20.1 Å². The molecule has 0 saturated carbocycles. The van der Waals surface area contributed by atoms with Crippen molar-refractivity contribution in [1.82, 2.24) is 5.32 Å². The van der Waals surface area contributed by atoms with Gasteiger partial charge in [0.25, 0.3) is 0 Å². The molecular formula is C66H125NO4. The van der Waals surface area contributed by atoms with Crippen molar-refractivity contribution in [2.75, 3.05) is 6.61 Å². The highest BCUT2D eigenvalue weighted by atomic mass is 16.3. The van der Waals surface area contributed by atoms with Gasteiger partial charge in [-0.05, 0) is 70.6 Å². The Bertz CT molecular complexity index is 1150. The van der Waals surface area contributed by atoms with Crippen molar-refractivity contribution in [2.24, 2.45) is 0 Å². The number of hydrogen-bond acceptors (Lipinski definition) is 4. The predicted molar refractivity (Wildman–Crippen MR) is 314 cm³/mol. The Balaban J connectivity index is 3.51. The zero-order chi connectivity index (χ0) is 51.4. The van der Waals surface area contributed by atoms with E-state index >= 15 is 0 Å². The molecule has 1 amide bonds. The summed E-state index contributed by atoms with van der Waals surface area (Å²) in [4.78, 5) is 12.6. The molecule has 3 unspecified atom stereocenters. The smallest absolute Gasteiger partial charge is 0.249 e. The molecule has 0 heterocycles. The molecule has 5 nitrogen and oxygen atoms in total. The molecule has 0 saturated heterocycles. The van der Waals surface area contributed by atoms with Gasteiger partial charge in [-0.1, -0.05) is 319 Å². The first kappa shape index (κ1) is 69.3. The number of allylic oxidation sites excluding steroid dienone is 7. The van der Waals surface area contributed by atoms with Gasteiger partial charge in [-0.2, -0.15) is 0 Å². The summed E-state index contributed by atoms with van der Waals surface area (Å²) >= 11 is 0. The van der Waals surface area contributed by atoms with E-state index in [2.05, 4.69) is 55.6 Å². The van der Waals surface area contributed by atoms with Crippen LogP contribution in [0, 0.1) is 0 Å². The van der Waals surface area contributed by atoms with Crippen molar-refractivity contribution in [3.8, 4) is 0 Å². The lowest BCUT2D eigenvalue weighted by Crippen LogP contribution is -2.48. The molecule has 0 aromatic carbocycles. The average molecular weight is 997 g/mol. The minimum atomic E-state index is -1.11. The van der Waals surface area contributed by atoms with E-state index in [1.54, 1.807) is 6.08 Å². The van der Waals surface area contributed by atoms with Gasteiger partial charge in [0.05, 0.1) is 18.8 Å². The molecule has 0 aromatic heterocycles. The number of nitrogens with one attached hydrogen (secondary N) is 1. The summed E-state index contributed by atoms with van der Waals surface area (Å²) in [6.45, 7) is 4.20. The summed E-state index contributed by atoms with van der Waals surface area (Å²) in [6.07, 6.45) is 82.4. The number of carbonyl (C=O) groups is 1. The normalized spacial score (nSPS) is 13.5. The second-order valence-corrected chi connectivity index (χ2v) is 22.0. The third kappa shape index (κ3) is 55.9. The summed E-state index contributed by atoms with van der Waals surface area (Å²) in [7, 11) is 0. The van der Waals surface area contributed by atoms with Crippen molar-refractivity contribution in [1.29, 1.82) is 0 Å². The van der Waals surface area contributed by atoms with E-state index in [4.69, 9.17) is 0 Å². The maximum Gasteiger partial charge on any atom is 0.249 e. The SMILES string of the molecule is CCCCCCCCCCC/C=C/CC/C=C/CC/C=C/C(O)C(CO)NC(=O)C(O)CCCCCCCCCCCCCCCCCC/C=C\CCCCCCCCCCCCCCCCCCCC. The van der Waals surface area contributed by atoms with Gasteiger partial charge >= 0.3 is 0 Å². The van der Waals surface area contributed by atoms with Crippen LogP contribution in [0.25, 0.3) is 0 Å². The molecular weight excluding hydrogens is 871 g/mol. The highest BCUT2D eigenvalue weighted by Gasteiger charge is 2.22. The van der Waals surface area contributed by atoms with Crippen LogP contribution in [0.15, 0.2) is 48.6 Å². The Hall–Kier alpha value is -1.69. The number of unbranched alkanes of at least 4 members (excludes halogenated alkanes) is 45. The molecule has 0 rings (SSSR count). The highest BCUT2D eigenvalue weighted by Crippen LogP contribution is 2.18. The molecule has 0 radical (unpaired) electrons. The maximum atomic E-state index is 12.6. The molecule has 0 spiro atoms. The van der Waals surface area contributed by atoms with Gasteiger partial charge in [0, 0.05) is 0 Å². The topological polar surface area (TPSA) is 89.8 Å². The lowest BCUT2D eigenvalue weighted by Gasteiger charge is -2.21. The highest BCUT2D eigenvalue weighted by molar-refractivity contribution is 5.80. The standard InChI is InChI=1S/C66H125NO4/c1-3-5-7-9-11-13-15-17-19-21-23-24-25-26-27-28-29-30-31-32-33-34-35-36-37-38-39-40-41-43-45-47-49-51-53-55-57-59-61-65(70)66(71)67-63(62-68)64(69)60-58-56-54-52-50-48-46-44-42-22-20-18-16-14-12-10-8-6-4-2/h32-33,42,44,50,52,58,60,63-65,68-70H,3-31,34-41,43,45-49,51,53-57,59,61-62H2,1-2H3,(H,67,71)/b33-32-,44-42+,52-50+,60-58+. The summed E-state index contributed by atoms with van der Waals surface area (Å²) < 4.78 is 0. The third-order valence-electron chi connectivity index (χ3n) is 14.9. The van der Waals surface area contributed by atoms with Gasteiger partial charge in [-0.15, -0.1) is 0 Å². The molecule has 0 aliphatic carbocycles. The van der Waals surface area contributed by atoms with E-state index in [1.165, 1.54) is 276 Å². The van der Waals surface area contributed by atoms with E-state index in [0.717, 1.165) is 44.9 Å². The quantitative estimate of drug-likeness (QED) is 0.0361. The first-order chi connectivity index (χ1) is 35.1. The van der Waals surface area contributed by atoms with Gasteiger partial charge in [-0.25, -0.2) is 0 Å². The van der Waals surface area contributed by atoms with Crippen molar-refractivity contribution >= 4 is 5.91 Å². The van der Waals surface area contributed by atoms with Crippen LogP contribution in [0.4, 0.5) is 0 Å². The number of rotatable bonds is 59. The number of amides is 1. The van der Waals surface area contributed by atoms with Crippen LogP contribution < -0.4 is 5.32 Å². The van der Waals surface area contributed by atoms with Gasteiger partial charge in [0.1, 0.15) is 6.10 Å². The fourth-order valence-corrected chi connectivity index (χ4v) is 9.92. The van der Waals surface area contributed by atoms with Crippen LogP contribution >= 0.6 is 0 Å². The fraction of sp³-hybridized carbons (Fsp3) is 0.864. The Morgan fingerprint density at radius 2 is 0.577 bits per heavy atom. The van der Waals surface area contributed by atoms with Crippen LogP contribution in [0.2, 0.25) is 0 Å². The molecule has 0 fully saturated rings. The second-order valence-electron chi connectivity index (χ2n) is 22.0. The molecule has 418 valence electrons. The number of carbonyl (C=O) groups excluding carboxylic acids is 1. The van der Waals surface area contributed by atoms with Crippen LogP contribution in [-0.2, 0) is 4.79 Å². The Kier molecular flexibility index (Phi) is 59.4. The molecule has 0 bridgehead atoms. The van der Waals surface area contributed by atoms with E-state index < -0.39 is 24.2 Å². The summed E-state index contributed by atoms with van der Waals surface area (Å²) in [6, 6.07) is -0.822. The van der Waals surface area contributed by atoms with Gasteiger partial charge < -0.3 is 20.6 Å². The minimum absolute atomic E-state index is 0.380. The number of hydrogen-bond donors (Lipinski definition) is 4. The largest absolute Gasteiger partial charge is 0.394 e. The van der Waals surface area contributed by atoms with E-state index in [0.29, 0.717) is 6.42 Å². The molecule has 3 atom stereocenters. The van der Waals surface area contributed by atoms with Crippen molar-refractivity contribution in [3.05, 3.63) is 48.6 Å². The first-order valence-corrected chi connectivity index (χ1v) is 32.0. The van der Waals surface area contributed by atoms with Crippen LogP contribution in [0.5, 0.6) is 0 Å². The predicted octanol–water partition coefficient (Wildman–Crippen LogP) is 20.3. The molecule has 0 aliphatic heterocycles. The lowest BCUT2D eigenvalue weighted by atomic mass is 10.0. The van der Waals surface area contributed by atoms with E-state index in [9.17, 15) is 20.1 Å². The number of aliphatic hydroxyl groups is 3. The Morgan fingerprint density at radius 3 is 0.859 bits per heavy atom. The van der Waals surface area contributed by atoms with Gasteiger partial charge in [0.2, 0.25) is 5.91 Å². The van der Waals surface area contributed by atoms with E-state index in [1.807, 2.05) is 6.08 Å². The van der Waals surface area contributed by atoms with Crippen LogP contribution in [0.3, 0.4) is 0 Å². The molecule has 5 heteroatoms. The number of aliphatic hydroxyl groups excluding tert-OH is 3. The molecule has 4 N–H and O–H groups in total. The lowest BCUT2D eigenvalue weighted by molar-refractivity contribution is -0.131. The zero-order valence-electron chi connectivity index (χ0n) is 47.9. The van der Waals surface area contributed by atoms with Crippen LogP contribution in [0.1, 0.15) is 341 Å². The minimum Gasteiger partial charge on any atom is -0.394 e. The van der Waals surface area contributed by atoms with Crippen LogP contribution in [-0.4, -0.2) is 46.1 Å². The Morgan fingerprint density at radius 1 is 0.338 bits per heavy atom. The molecule has 0 aliphatic rings. The molecule has 71 heavy (non-hydrogen) atoms. The maximum absolute atomic E-state index is 12.6. The second kappa shape index (κ2) is 60.9.